The topological polar surface area (TPSA) is 71.1 Å². The lowest BCUT2D eigenvalue weighted by atomic mass is 10.0. The van der Waals surface area contributed by atoms with E-state index in [-0.39, 0.29) is 26.4 Å². The molecule has 0 aliphatic heterocycles. The fraction of sp³-hybridized carbons (Fsp3) is 0.667. The maximum absolute atomic E-state index is 13.6. The number of aryl methyl sites for hydroxylation is 2. The Kier molecular flexibility index (Phi) is 13.9. The van der Waals surface area contributed by atoms with Crippen molar-refractivity contribution in [2.45, 2.75) is 79.0 Å². The summed E-state index contributed by atoms with van der Waals surface area (Å²) in [6.45, 7) is 12.0. The van der Waals surface area contributed by atoms with E-state index in [0.29, 0.717) is 12.8 Å². The Hall–Kier alpha value is -0.740. The highest BCUT2D eigenvalue weighted by molar-refractivity contribution is 7.72. The average molecular weight is 489 g/mol. The molecule has 184 valence electrons. The molecule has 0 atom stereocenters. The molecule has 0 saturated carbocycles. The van der Waals surface area contributed by atoms with Crippen LogP contribution < -0.4 is 0 Å². The molecule has 6 nitrogen and oxygen atoms in total. The molecule has 0 spiro atoms. The number of rotatable bonds is 17. The highest BCUT2D eigenvalue weighted by Crippen LogP contribution is 2.71. The number of benzene rings is 1. The molecule has 8 heteroatoms. The summed E-state index contributed by atoms with van der Waals surface area (Å²) in [7, 11) is -7.36. The minimum absolute atomic E-state index is 0.195. The molecule has 0 aliphatic rings. The molecule has 0 heterocycles. The van der Waals surface area contributed by atoms with Gasteiger partial charge in [0, 0.05) is 0 Å². The quantitative estimate of drug-likeness (QED) is 0.165. The zero-order valence-electron chi connectivity index (χ0n) is 20.7. The van der Waals surface area contributed by atoms with Crippen LogP contribution in [0.5, 0.6) is 0 Å². The van der Waals surface area contributed by atoms with Gasteiger partial charge in [0.2, 0.25) is 0 Å². The second-order valence-electron chi connectivity index (χ2n) is 7.76. The van der Waals surface area contributed by atoms with Crippen LogP contribution in [0.15, 0.2) is 35.9 Å². The zero-order valence-corrected chi connectivity index (χ0v) is 22.5. The van der Waals surface area contributed by atoms with Crippen molar-refractivity contribution in [2.24, 2.45) is 0 Å². The van der Waals surface area contributed by atoms with Gasteiger partial charge in [0.15, 0.2) is 5.40 Å². The third kappa shape index (κ3) is 9.63. The molecule has 1 aromatic rings. The lowest BCUT2D eigenvalue weighted by Crippen LogP contribution is -2.18. The summed E-state index contributed by atoms with van der Waals surface area (Å²) in [4.78, 5) is 0. The summed E-state index contributed by atoms with van der Waals surface area (Å²) in [6, 6.07) is 8.56. The van der Waals surface area contributed by atoms with Crippen molar-refractivity contribution in [1.82, 2.24) is 0 Å². The Morgan fingerprint density at radius 3 is 1.56 bits per heavy atom. The largest absolute Gasteiger partial charge is 0.345 e. The minimum Gasteiger partial charge on any atom is -0.308 e. The summed E-state index contributed by atoms with van der Waals surface area (Å²) in [5, 5.41) is -0.946. The molecule has 32 heavy (non-hydrogen) atoms. The fourth-order valence-corrected chi connectivity index (χ4v) is 8.98. The van der Waals surface area contributed by atoms with Gasteiger partial charge in [-0.15, -0.1) is 0 Å². The van der Waals surface area contributed by atoms with Gasteiger partial charge in [-0.1, -0.05) is 35.9 Å². The Morgan fingerprint density at radius 1 is 0.781 bits per heavy atom. The van der Waals surface area contributed by atoms with Crippen molar-refractivity contribution < 1.29 is 27.2 Å². The molecular formula is C24H42O6P2. The van der Waals surface area contributed by atoms with Crippen molar-refractivity contribution in [3.05, 3.63) is 47.0 Å². The molecule has 0 N–H and O–H groups in total. The maximum atomic E-state index is 13.6. The van der Waals surface area contributed by atoms with Crippen LogP contribution in [0.4, 0.5) is 0 Å². The number of hydrogen-bond acceptors (Lipinski definition) is 6. The summed E-state index contributed by atoms with van der Waals surface area (Å²) < 4.78 is 49.3. The smallest absolute Gasteiger partial charge is 0.308 e. The average Bonchev–Trinajstić information content (AvgIpc) is 2.72. The van der Waals surface area contributed by atoms with Crippen molar-refractivity contribution in [1.29, 1.82) is 0 Å². The summed E-state index contributed by atoms with van der Waals surface area (Å²) >= 11 is 0. The SMILES string of the molecule is CCOP(=O)(OCC)C(CCCc1ccc(CCC=C(C)C)cc1)P(=O)(OCC)OCC. The number of hydrogen-bond donors (Lipinski definition) is 0. The van der Waals surface area contributed by atoms with Crippen molar-refractivity contribution in [2.75, 3.05) is 26.4 Å². The minimum atomic E-state index is -3.68. The molecule has 0 amide bonds. The molecule has 0 bridgehead atoms. The third-order valence-electron chi connectivity index (χ3n) is 4.90. The van der Waals surface area contributed by atoms with E-state index in [1.165, 1.54) is 16.7 Å². The predicted octanol–water partition coefficient (Wildman–Crippen LogP) is 7.77. The zero-order chi connectivity index (χ0) is 24.0. The van der Waals surface area contributed by atoms with E-state index in [9.17, 15) is 9.13 Å². The van der Waals surface area contributed by atoms with Crippen molar-refractivity contribution in [3.63, 3.8) is 0 Å². The fourth-order valence-electron chi connectivity index (χ4n) is 3.52. The Bertz CT molecular complexity index is 721. The van der Waals surface area contributed by atoms with E-state index < -0.39 is 20.6 Å². The molecule has 0 fully saturated rings. The van der Waals surface area contributed by atoms with Crippen LogP contribution in [0.1, 0.15) is 71.9 Å². The molecule has 0 aliphatic carbocycles. The van der Waals surface area contributed by atoms with Crippen LogP contribution >= 0.6 is 15.2 Å². The maximum Gasteiger partial charge on any atom is 0.345 e. The molecule has 0 unspecified atom stereocenters. The normalized spacial score (nSPS) is 12.3. The van der Waals surface area contributed by atoms with E-state index in [0.717, 1.165) is 19.3 Å². The van der Waals surface area contributed by atoms with E-state index >= 15 is 0 Å². The van der Waals surface area contributed by atoms with Gasteiger partial charge < -0.3 is 18.1 Å². The van der Waals surface area contributed by atoms with Crippen LogP contribution in [0.3, 0.4) is 0 Å². The molecule has 0 saturated heterocycles. The first-order valence-corrected chi connectivity index (χ1v) is 15.0. The van der Waals surface area contributed by atoms with Crippen LogP contribution in [0.2, 0.25) is 0 Å². The van der Waals surface area contributed by atoms with Gasteiger partial charge in [-0.25, -0.2) is 0 Å². The first-order valence-electron chi connectivity index (χ1n) is 11.7. The van der Waals surface area contributed by atoms with Crippen LogP contribution in [-0.2, 0) is 40.1 Å². The highest BCUT2D eigenvalue weighted by Gasteiger charge is 2.50. The monoisotopic (exact) mass is 488 g/mol. The lowest BCUT2D eigenvalue weighted by molar-refractivity contribution is 0.193. The molecule has 1 rings (SSSR count). The van der Waals surface area contributed by atoms with Gasteiger partial charge in [0.1, 0.15) is 0 Å². The van der Waals surface area contributed by atoms with Gasteiger partial charge in [0.25, 0.3) is 0 Å². The first-order chi connectivity index (χ1) is 15.2. The van der Waals surface area contributed by atoms with Crippen LogP contribution in [-0.4, -0.2) is 31.8 Å². The molecule has 0 radical (unpaired) electrons. The summed E-state index contributed by atoms with van der Waals surface area (Å²) in [6.07, 6.45) is 6.09. The van der Waals surface area contributed by atoms with Gasteiger partial charge in [-0.3, -0.25) is 9.13 Å². The van der Waals surface area contributed by atoms with Gasteiger partial charge in [0.05, 0.1) is 26.4 Å². The van der Waals surface area contributed by atoms with E-state index in [2.05, 4.69) is 44.2 Å². The number of allylic oxidation sites excluding steroid dienone is 2. The van der Waals surface area contributed by atoms with E-state index in [1.807, 2.05) is 0 Å². The predicted molar refractivity (Wildman–Crippen MR) is 133 cm³/mol. The second-order valence-corrected chi connectivity index (χ2v) is 12.6. The molecule has 0 aromatic heterocycles. The third-order valence-corrected chi connectivity index (χ3v) is 11.0. The van der Waals surface area contributed by atoms with Gasteiger partial charge in [-0.2, -0.15) is 0 Å². The molecular weight excluding hydrogens is 446 g/mol. The Morgan fingerprint density at radius 2 is 1.19 bits per heavy atom. The van der Waals surface area contributed by atoms with Crippen LogP contribution in [0.25, 0.3) is 0 Å². The van der Waals surface area contributed by atoms with E-state index in [4.69, 9.17) is 18.1 Å². The molecule has 1 aromatic carbocycles. The van der Waals surface area contributed by atoms with Crippen LogP contribution in [0, 0.1) is 0 Å². The lowest BCUT2D eigenvalue weighted by Gasteiger charge is -2.31. The summed E-state index contributed by atoms with van der Waals surface area (Å²) in [5.74, 6) is 0. The van der Waals surface area contributed by atoms with Crippen molar-refractivity contribution >= 4 is 15.2 Å². The van der Waals surface area contributed by atoms with Gasteiger partial charge in [-0.05, 0) is 84.8 Å². The highest BCUT2D eigenvalue weighted by atomic mass is 31.2. The van der Waals surface area contributed by atoms with E-state index in [1.54, 1.807) is 27.7 Å². The summed E-state index contributed by atoms with van der Waals surface area (Å²) in [5.41, 5.74) is 3.82. The van der Waals surface area contributed by atoms with Crippen molar-refractivity contribution in [3.8, 4) is 0 Å². The second kappa shape index (κ2) is 15.2. The first kappa shape index (κ1) is 29.3. The standard InChI is InChI=1S/C24H42O6P2/c1-7-27-31(25,28-8-2)24(32(26,29-9-3)30-10-4)16-12-15-23-19-17-22(18-20-23)14-11-13-21(5)6/h13,17-20,24H,7-12,14-16H2,1-6H3. The van der Waals surface area contributed by atoms with Gasteiger partial charge >= 0.3 is 15.2 Å². The Balaban J connectivity index is 2.93. The Labute approximate surface area is 195 Å².